The summed E-state index contributed by atoms with van der Waals surface area (Å²) in [6.07, 6.45) is 7.00. The first-order valence-corrected chi connectivity index (χ1v) is 5.55. The Balaban J connectivity index is 0. The molecule has 0 saturated carbocycles. The van der Waals surface area contributed by atoms with Gasteiger partial charge in [0, 0.05) is 12.7 Å². The first-order chi connectivity index (χ1) is 7.19. The number of hydrogen-bond acceptors (Lipinski definition) is 1. The van der Waals surface area contributed by atoms with Crippen LogP contribution in [0.3, 0.4) is 0 Å². The second-order valence-electron chi connectivity index (χ2n) is 2.75. The maximum absolute atomic E-state index is 3.89. The summed E-state index contributed by atoms with van der Waals surface area (Å²) in [6, 6.07) is 0. The Morgan fingerprint density at radius 3 is 2.13 bits per heavy atom. The van der Waals surface area contributed by atoms with Gasteiger partial charge in [0.25, 0.3) is 0 Å². The van der Waals surface area contributed by atoms with E-state index in [0.717, 1.165) is 17.7 Å². The largest absolute Gasteiger partial charge is 0.388 e. The van der Waals surface area contributed by atoms with Crippen LogP contribution in [0.5, 0.6) is 0 Å². The Morgan fingerprint density at radius 1 is 1.33 bits per heavy atom. The van der Waals surface area contributed by atoms with E-state index in [1.54, 1.807) is 6.08 Å². The van der Waals surface area contributed by atoms with E-state index in [-0.39, 0.29) is 0 Å². The highest BCUT2D eigenvalue weighted by molar-refractivity contribution is 5.39. The topological polar surface area (TPSA) is 12.0 Å². The number of allylic oxidation sites excluding steroid dienone is 4. The van der Waals surface area contributed by atoms with Crippen LogP contribution in [0.25, 0.3) is 0 Å². The van der Waals surface area contributed by atoms with Crippen LogP contribution < -0.4 is 5.32 Å². The van der Waals surface area contributed by atoms with Crippen LogP contribution in [0.1, 0.15) is 34.1 Å². The SMILES string of the molecule is C=CC(=C)/C(=C\C(=C/C)CC)NC.CC. The second kappa shape index (κ2) is 10.8. The highest BCUT2D eigenvalue weighted by atomic mass is 14.8. The number of nitrogens with one attached hydrogen (secondary N) is 1. The van der Waals surface area contributed by atoms with Gasteiger partial charge in [-0.2, -0.15) is 0 Å². The molecule has 0 spiro atoms. The van der Waals surface area contributed by atoms with Gasteiger partial charge in [-0.25, -0.2) is 0 Å². The van der Waals surface area contributed by atoms with Gasteiger partial charge in [0.05, 0.1) is 0 Å². The average Bonchev–Trinajstić information content (AvgIpc) is 2.32. The molecular weight excluding hydrogens is 182 g/mol. The van der Waals surface area contributed by atoms with Gasteiger partial charge in [0.2, 0.25) is 0 Å². The van der Waals surface area contributed by atoms with Crippen LogP contribution in [-0.4, -0.2) is 7.05 Å². The lowest BCUT2D eigenvalue weighted by Gasteiger charge is -2.07. The van der Waals surface area contributed by atoms with E-state index >= 15 is 0 Å². The molecule has 0 aromatic carbocycles. The van der Waals surface area contributed by atoms with E-state index < -0.39 is 0 Å². The molecule has 0 unspecified atom stereocenters. The fourth-order valence-corrected chi connectivity index (χ4v) is 1.01. The third-order valence-corrected chi connectivity index (χ3v) is 1.97. The van der Waals surface area contributed by atoms with Crippen molar-refractivity contribution in [2.24, 2.45) is 0 Å². The van der Waals surface area contributed by atoms with Crippen molar-refractivity contribution in [2.75, 3.05) is 7.05 Å². The van der Waals surface area contributed by atoms with Gasteiger partial charge in [0.1, 0.15) is 0 Å². The zero-order chi connectivity index (χ0) is 12.3. The van der Waals surface area contributed by atoms with Crippen LogP contribution in [-0.2, 0) is 0 Å². The zero-order valence-electron chi connectivity index (χ0n) is 10.9. The lowest BCUT2D eigenvalue weighted by molar-refractivity contribution is 1.00. The van der Waals surface area contributed by atoms with Crippen molar-refractivity contribution in [2.45, 2.75) is 34.1 Å². The summed E-state index contributed by atoms with van der Waals surface area (Å²) in [5, 5.41) is 3.10. The molecule has 15 heavy (non-hydrogen) atoms. The minimum atomic E-state index is 0.926. The summed E-state index contributed by atoms with van der Waals surface area (Å²) in [4.78, 5) is 0. The van der Waals surface area contributed by atoms with Crippen molar-refractivity contribution < 1.29 is 0 Å². The Morgan fingerprint density at radius 2 is 1.87 bits per heavy atom. The molecule has 0 bridgehead atoms. The van der Waals surface area contributed by atoms with Gasteiger partial charge in [-0.15, -0.1) is 0 Å². The molecule has 0 rings (SSSR count). The number of likely N-dealkylation sites (N-methyl/N-ethyl adjacent to an activating group) is 1. The molecule has 0 heterocycles. The van der Waals surface area contributed by atoms with Crippen LogP contribution in [0.15, 0.2) is 48.2 Å². The Kier molecular flexibility index (Phi) is 11.7. The van der Waals surface area contributed by atoms with E-state index in [1.807, 2.05) is 27.8 Å². The highest BCUT2D eigenvalue weighted by Crippen LogP contribution is 2.10. The molecule has 0 amide bonds. The Bertz CT molecular complexity index is 244. The second-order valence-corrected chi connectivity index (χ2v) is 2.75. The normalized spacial score (nSPS) is 11.3. The van der Waals surface area contributed by atoms with Crippen LogP contribution in [0.4, 0.5) is 0 Å². The molecule has 0 saturated heterocycles. The number of rotatable bonds is 5. The van der Waals surface area contributed by atoms with Crippen LogP contribution in [0, 0.1) is 0 Å². The molecule has 1 nitrogen and oxygen atoms in total. The van der Waals surface area contributed by atoms with E-state index in [1.165, 1.54) is 5.57 Å². The Hall–Kier alpha value is -1.24. The Labute approximate surface area is 95.3 Å². The van der Waals surface area contributed by atoms with Crippen LogP contribution in [0.2, 0.25) is 0 Å². The first-order valence-electron chi connectivity index (χ1n) is 5.55. The summed E-state index contributed by atoms with van der Waals surface area (Å²) in [6.45, 7) is 15.8. The molecule has 0 aliphatic heterocycles. The van der Waals surface area contributed by atoms with Gasteiger partial charge < -0.3 is 5.32 Å². The quantitative estimate of drug-likeness (QED) is 0.666. The predicted octanol–water partition coefficient (Wildman–Crippen LogP) is 4.21. The molecule has 0 fully saturated rings. The molecule has 0 aliphatic rings. The van der Waals surface area contributed by atoms with Gasteiger partial charge >= 0.3 is 0 Å². The monoisotopic (exact) mass is 207 g/mol. The van der Waals surface area contributed by atoms with Gasteiger partial charge in [-0.1, -0.05) is 51.7 Å². The standard InChI is InChI=1S/C12H19N.C2H6/c1-6-10(4)12(13-5)9-11(7-2)8-3;1-2/h6-7,9,13H,1,4,8H2,2-3,5H3;1-2H3/b11-7-,12-9+;. The summed E-state index contributed by atoms with van der Waals surface area (Å²) < 4.78 is 0. The molecule has 0 aromatic rings. The minimum Gasteiger partial charge on any atom is -0.388 e. The van der Waals surface area contributed by atoms with Crippen molar-refractivity contribution in [1.82, 2.24) is 5.32 Å². The smallest absolute Gasteiger partial charge is 0.0407 e. The van der Waals surface area contributed by atoms with Gasteiger partial charge in [0.15, 0.2) is 0 Å². The molecule has 1 N–H and O–H groups in total. The molecule has 86 valence electrons. The summed E-state index contributed by atoms with van der Waals surface area (Å²) >= 11 is 0. The average molecular weight is 207 g/mol. The van der Waals surface area contributed by atoms with Crippen molar-refractivity contribution >= 4 is 0 Å². The highest BCUT2D eigenvalue weighted by Gasteiger charge is 1.96. The van der Waals surface area contributed by atoms with Crippen molar-refractivity contribution in [3.05, 3.63) is 48.2 Å². The molecule has 0 atom stereocenters. The summed E-state index contributed by atoms with van der Waals surface area (Å²) in [5.74, 6) is 0. The third-order valence-electron chi connectivity index (χ3n) is 1.97. The van der Waals surface area contributed by atoms with E-state index in [9.17, 15) is 0 Å². The van der Waals surface area contributed by atoms with Gasteiger partial charge in [-0.3, -0.25) is 0 Å². The van der Waals surface area contributed by atoms with Crippen molar-refractivity contribution in [1.29, 1.82) is 0 Å². The first kappa shape index (κ1) is 16.2. The minimum absolute atomic E-state index is 0.926. The lowest BCUT2D eigenvalue weighted by Crippen LogP contribution is -2.07. The van der Waals surface area contributed by atoms with E-state index in [2.05, 4.69) is 37.6 Å². The van der Waals surface area contributed by atoms with E-state index in [4.69, 9.17) is 0 Å². The molecular formula is C14H25N. The third kappa shape index (κ3) is 6.78. The fraction of sp³-hybridized carbons (Fsp3) is 0.429. The van der Waals surface area contributed by atoms with Crippen molar-refractivity contribution in [3.63, 3.8) is 0 Å². The number of hydrogen-bond donors (Lipinski definition) is 1. The summed E-state index contributed by atoms with van der Waals surface area (Å²) in [7, 11) is 1.89. The molecule has 1 heteroatoms. The van der Waals surface area contributed by atoms with Crippen LogP contribution >= 0.6 is 0 Å². The molecule has 0 aliphatic carbocycles. The lowest BCUT2D eigenvalue weighted by atomic mass is 10.1. The molecule has 0 aromatic heterocycles. The maximum Gasteiger partial charge on any atom is 0.0407 e. The summed E-state index contributed by atoms with van der Waals surface area (Å²) in [5.41, 5.74) is 3.26. The molecule has 0 radical (unpaired) electrons. The van der Waals surface area contributed by atoms with Crippen molar-refractivity contribution in [3.8, 4) is 0 Å². The van der Waals surface area contributed by atoms with E-state index in [0.29, 0.717) is 0 Å². The fourth-order valence-electron chi connectivity index (χ4n) is 1.01. The predicted molar refractivity (Wildman–Crippen MR) is 71.9 cm³/mol. The van der Waals surface area contributed by atoms with Gasteiger partial charge in [-0.05, 0) is 25.0 Å². The maximum atomic E-state index is 3.89. The zero-order valence-corrected chi connectivity index (χ0v) is 10.9.